The molecule has 9 heteroatoms. The molecule has 0 bridgehead atoms. The van der Waals surface area contributed by atoms with Crippen LogP contribution >= 0.6 is 0 Å². The minimum absolute atomic E-state index is 0.188. The number of amides is 1. The summed E-state index contributed by atoms with van der Waals surface area (Å²) in [4.78, 5) is 43.7. The molecule has 1 aliphatic carbocycles. The molecule has 1 unspecified atom stereocenters. The number of aryl methyl sites for hydroxylation is 2. The minimum Gasteiger partial charge on any atom is -0.444 e. The fraction of sp³-hybridized carbons (Fsp3) is 0.684. The third-order valence-corrected chi connectivity index (χ3v) is 5.24. The predicted octanol–water partition coefficient (Wildman–Crippen LogP) is 2.11. The molecule has 2 aromatic heterocycles. The van der Waals surface area contributed by atoms with Gasteiger partial charge in [-0.15, -0.1) is 0 Å². The maximum Gasteiger partial charge on any atom is 0.408 e. The molecule has 0 spiro atoms. The normalized spacial score (nSPS) is 16.9. The second-order valence-electron chi connectivity index (χ2n) is 8.54. The Bertz CT molecular complexity index is 989. The number of H-pyrrole nitrogens is 1. The molecular formula is C19H29N5O4. The van der Waals surface area contributed by atoms with Gasteiger partial charge in [0.05, 0.1) is 6.04 Å². The van der Waals surface area contributed by atoms with Crippen molar-refractivity contribution >= 4 is 17.3 Å². The van der Waals surface area contributed by atoms with Crippen molar-refractivity contribution in [1.82, 2.24) is 24.4 Å². The summed E-state index contributed by atoms with van der Waals surface area (Å²) in [5.74, 6) is 0.743. The van der Waals surface area contributed by atoms with E-state index in [-0.39, 0.29) is 5.92 Å². The maximum atomic E-state index is 12.5. The molecule has 1 atom stereocenters. The quantitative estimate of drug-likeness (QED) is 0.832. The van der Waals surface area contributed by atoms with E-state index in [9.17, 15) is 14.4 Å². The summed E-state index contributed by atoms with van der Waals surface area (Å²) in [5, 5.41) is 2.97. The Morgan fingerprint density at radius 3 is 2.43 bits per heavy atom. The number of hydrogen-bond acceptors (Lipinski definition) is 5. The van der Waals surface area contributed by atoms with Crippen LogP contribution in [0.15, 0.2) is 9.59 Å². The Morgan fingerprint density at radius 2 is 1.82 bits per heavy atom. The maximum absolute atomic E-state index is 12.5. The van der Waals surface area contributed by atoms with E-state index in [4.69, 9.17) is 4.74 Å². The van der Waals surface area contributed by atoms with E-state index in [0.717, 1.165) is 25.7 Å². The SMILES string of the molecule is Cn1c(C(NC(=O)OC(C)(C)C)C2CCCCC2)nc2c1c(=O)[nH]c(=O)n2C. The van der Waals surface area contributed by atoms with E-state index in [0.29, 0.717) is 17.0 Å². The van der Waals surface area contributed by atoms with Gasteiger partial charge in [0.2, 0.25) is 0 Å². The Morgan fingerprint density at radius 1 is 1.18 bits per heavy atom. The Labute approximate surface area is 163 Å². The first kappa shape index (κ1) is 20.2. The molecule has 28 heavy (non-hydrogen) atoms. The zero-order valence-electron chi connectivity index (χ0n) is 17.2. The van der Waals surface area contributed by atoms with Gasteiger partial charge in [-0.1, -0.05) is 19.3 Å². The molecule has 1 saturated carbocycles. The van der Waals surface area contributed by atoms with Gasteiger partial charge in [-0.3, -0.25) is 14.3 Å². The second-order valence-corrected chi connectivity index (χ2v) is 8.54. The zero-order chi connectivity index (χ0) is 20.6. The number of carbonyl (C=O) groups is 1. The van der Waals surface area contributed by atoms with Gasteiger partial charge in [0.15, 0.2) is 11.2 Å². The summed E-state index contributed by atoms with van der Waals surface area (Å²) in [6, 6.07) is -0.401. The lowest BCUT2D eigenvalue weighted by atomic mass is 9.83. The third-order valence-electron chi connectivity index (χ3n) is 5.24. The van der Waals surface area contributed by atoms with Crippen LogP contribution in [-0.2, 0) is 18.8 Å². The van der Waals surface area contributed by atoms with Gasteiger partial charge in [-0.25, -0.2) is 14.6 Å². The van der Waals surface area contributed by atoms with Gasteiger partial charge in [-0.2, -0.15) is 0 Å². The van der Waals surface area contributed by atoms with Crippen LogP contribution < -0.4 is 16.6 Å². The first-order valence-corrected chi connectivity index (χ1v) is 9.73. The predicted molar refractivity (Wildman–Crippen MR) is 105 cm³/mol. The number of nitrogens with one attached hydrogen (secondary N) is 2. The van der Waals surface area contributed by atoms with E-state index in [1.807, 2.05) is 20.8 Å². The van der Waals surface area contributed by atoms with Crippen molar-refractivity contribution < 1.29 is 9.53 Å². The van der Waals surface area contributed by atoms with Crippen molar-refractivity contribution in [1.29, 1.82) is 0 Å². The van der Waals surface area contributed by atoms with Crippen molar-refractivity contribution in [2.75, 3.05) is 0 Å². The highest BCUT2D eigenvalue weighted by Gasteiger charge is 2.32. The van der Waals surface area contributed by atoms with Crippen LogP contribution in [0.25, 0.3) is 11.2 Å². The average Bonchev–Trinajstić information content (AvgIpc) is 2.95. The highest BCUT2D eigenvalue weighted by atomic mass is 16.6. The van der Waals surface area contributed by atoms with Crippen LogP contribution in [0.2, 0.25) is 0 Å². The van der Waals surface area contributed by atoms with Crippen LogP contribution in [0.1, 0.15) is 64.7 Å². The average molecular weight is 391 g/mol. The van der Waals surface area contributed by atoms with E-state index in [2.05, 4.69) is 15.3 Å². The number of rotatable bonds is 3. The highest BCUT2D eigenvalue weighted by Crippen LogP contribution is 2.34. The number of nitrogens with zero attached hydrogens (tertiary/aromatic N) is 3. The summed E-state index contributed by atoms with van der Waals surface area (Å²) in [6.07, 6.45) is 4.74. The Hall–Kier alpha value is -2.58. The van der Waals surface area contributed by atoms with Crippen molar-refractivity contribution in [2.24, 2.45) is 20.0 Å². The zero-order valence-corrected chi connectivity index (χ0v) is 17.2. The number of imidazole rings is 1. The van der Waals surface area contributed by atoms with Crippen molar-refractivity contribution in [3.63, 3.8) is 0 Å². The topological polar surface area (TPSA) is 111 Å². The molecule has 3 rings (SSSR count). The molecular weight excluding hydrogens is 362 g/mol. The fourth-order valence-corrected chi connectivity index (χ4v) is 3.90. The summed E-state index contributed by atoms with van der Waals surface area (Å²) in [5.41, 5.74) is -1.01. The standard InChI is InChI=1S/C19H29N5O4/c1-19(2,3)28-18(27)20-12(11-9-7-6-8-10-11)14-21-15-13(23(14)4)16(25)22-17(26)24(15)5/h11-12H,6-10H2,1-5H3,(H,20,27)(H,22,25,26). The first-order chi connectivity index (χ1) is 13.1. The number of aromatic nitrogens is 4. The van der Waals surface area contributed by atoms with Crippen LogP contribution in [0.4, 0.5) is 4.79 Å². The van der Waals surface area contributed by atoms with E-state index in [1.54, 1.807) is 18.7 Å². The smallest absolute Gasteiger partial charge is 0.408 e. The minimum atomic E-state index is -0.616. The lowest BCUT2D eigenvalue weighted by Gasteiger charge is -2.31. The largest absolute Gasteiger partial charge is 0.444 e. The van der Waals surface area contributed by atoms with E-state index < -0.39 is 29.0 Å². The number of alkyl carbamates (subject to hydrolysis) is 1. The number of aromatic amines is 1. The first-order valence-electron chi connectivity index (χ1n) is 9.73. The lowest BCUT2D eigenvalue weighted by molar-refractivity contribution is 0.0471. The highest BCUT2D eigenvalue weighted by molar-refractivity contribution is 5.72. The molecule has 2 aromatic rings. The summed E-state index contributed by atoms with van der Waals surface area (Å²) in [7, 11) is 3.30. The van der Waals surface area contributed by atoms with Gasteiger partial charge in [-0.05, 0) is 39.5 Å². The van der Waals surface area contributed by atoms with Crippen LogP contribution in [0.3, 0.4) is 0 Å². The monoisotopic (exact) mass is 391 g/mol. The fourth-order valence-electron chi connectivity index (χ4n) is 3.90. The van der Waals surface area contributed by atoms with Crippen LogP contribution in [0.5, 0.6) is 0 Å². The van der Waals surface area contributed by atoms with Crippen molar-refractivity contribution in [3.05, 3.63) is 26.7 Å². The summed E-state index contributed by atoms with van der Waals surface area (Å²) < 4.78 is 8.43. The van der Waals surface area contributed by atoms with E-state index in [1.165, 1.54) is 11.0 Å². The Kier molecular flexibility index (Phi) is 5.36. The molecule has 0 aromatic carbocycles. The molecule has 9 nitrogen and oxygen atoms in total. The molecule has 1 aliphatic rings. The summed E-state index contributed by atoms with van der Waals surface area (Å²) >= 11 is 0. The van der Waals surface area contributed by atoms with E-state index >= 15 is 0 Å². The molecule has 0 radical (unpaired) electrons. The number of ether oxygens (including phenoxy) is 1. The number of carbonyl (C=O) groups excluding carboxylic acids is 1. The molecule has 0 aliphatic heterocycles. The molecule has 154 valence electrons. The van der Waals surface area contributed by atoms with Crippen molar-refractivity contribution in [2.45, 2.75) is 64.5 Å². The molecule has 2 heterocycles. The van der Waals surface area contributed by atoms with Gasteiger partial charge >= 0.3 is 11.8 Å². The molecule has 1 amide bonds. The molecule has 1 fully saturated rings. The molecule has 0 saturated heterocycles. The van der Waals surface area contributed by atoms with Crippen molar-refractivity contribution in [3.8, 4) is 0 Å². The Balaban J connectivity index is 2.07. The van der Waals surface area contributed by atoms with Gasteiger partial charge in [0, 0.05) is 14.1 Å². The van der Waals surface area contributed by atoms with Crippen LogP contribution in [0, 0.1) is 5.92 Å². The second kappa shape index (κ2) is 7.44. The third kappa shape index (κ3) is 3.98. The van der Waals surface area contributed by atoms with Gasteiger partial charge < -0.3 is 14.6 Å². The summed E-state index contributed by atoms with van der Waals surface area (Å²) in [6.45, 7) is 5.44. The van der Waals surface area contributed by atoms with Gasteiger partial charge in [0.1, 0.15) is 11.4 Å². The number of hydrogen-bond donors (Lipinski definition) is 2. The lowest BCUT2D eigenvalue weighted by Crippen LogP contribution is -2.39. The van der Waals surface area contributed by atoms with Crippen LogP contribution in [-0.4, -0.2) is 30.8 Å². The van der Waals surface area contributed by atoms with Gasteiger partial charge in [0.25, 0.3) is 5.56 Å². The molecule has 2 N–H and O–H groups in total. The number of fused-ring (bicyclic) bond motifs is 1.